The Morgan fingerprint density at radius 2 is 2.03 bits per heavy atom. The Hall–Kier alpha value is -2.01. The Labute approximate surface area is 181 Å². The molecular formula is C23H24Cl2N2O2. The number of fused-ring (bicyclic) bond motifs is 3. The molecule has 29 heavy (non-hydrogen) atoms. The van der Waals surface area contributed by atoms with Gasteiger partial charge in [-0.3, -0.25) is 4.79 Å². The Bertz CT molecular complexity index is 924. The Morgan fingerprint density at radius 3 is 2.79 bits per heavy atom. The molecule has 1 aliphatic heterocycles. The van der Waals surface area contributed by atoms with Gasteiger partial charge in [-0.2, -0.15) is 0 Å². The van der Waals surface area contributed by atoms with E-state index >= 15 is 0 Å². The summed E-state index contributed by atoms with van der Waals surface area (Å²) in [6.07, 6.45) is 6.18. The average Bonchev–Trinajstić information content (AvgIpc) is 3.21. The van der Waals surface area contributed by atoms with E-state index < -0.39 is 0 Å². The number of rotatable bonds is 6. The minimum atomic E-state index is -0.0568. The number of ether oxygens (including phenoxy) is 1. The van der Waals surface area contributed by atoms with E-state index in [0.717, 1.165) is 29.7 Å². The standard InChI is InChI=1S/C23H24Cl2N2O2/c1-29-12-4-11-26-23(28)14-9-10-20-17(13-14)15-5-2-6-16(15)22(27-20)21-18(24)7-3-8-19(21)25/h2-3,5,7-10,13,15-16,22,27H,4,6,11-12H2,1H3,(H,26,28). The van der Waals surface area contributed by atoms with Gasteiger partial charge in [-0.25, -0.2) is 0 Å². The first-order valence-electron chi connectivity index (χ1n) is 9.88. The summed E-state index contributed by atoms with van der Waals surface area (Å²) in [5.74, 6) is 0.475. The molecule has 0 saturated heterocycles. The zero-order chi connectivity index (χ0) is 20.4. The molecule has 4 rings (SSSR count). The van der Waals surface area contributed by atoms with Crippen molar-refractivity contribution in [2.75, 3.05) is 25.6 Å². The summed E-state index contributed by atoms with van der Waals surface area (Å²) in [7, 11) is 1.66. The normalized spacial score (nSPS) is 22.0. The fraction of sp³-hybridized carbons (Fsp3) is 0.348. The fourth-order valence-electron chi connectivity index (χ4n) is 4.35. The van der Waals surface area contributed by atoms with Gasteiger partial charge in [0.05, 0.1) is 6.04 Å². The molecule has 1 aliphatic carbocycles. The molecular weight excluding hydrogens is 407 g/mol. The molecule has 2 aromatic rings. The second kappa shape index (κ2) is 8.78. The number of anilines is 1. The maximum atomic E-state index is 12.5. The Morgan fingerprint density at radius 1 is 1.24 bits per heavy atom. The molecule has 0 saturated carbocycles. The molecule has 2 aromatic carbocycles. The lowest BCUT2D eigenvalue weighted by Crippen LogP contribution is -2.30. The topological polar surface area (TPSA) is 50.4 Å². The van der Waals surface area contributed by atoms with E-state index in [-0.39, 0.29) is 17.9 Å². The van der Waals surface area contributed by atoms with E-state index in [0.29, 0.717) is 34.7 Å². The van der Waals surface area contributed by atoms with E-state index in [9.17, 15) is 4.79 Å². The Balaban J connectivity index is 1.61. The summed E-state index contributed by atoms with van der Waals surface area (Å²) in [5.41, 5.74) is 3.79. The number of halogens is 2. The van der Waals surface area contributed by atoms with Crippen LogP contribution >= 0.6 is 23.2 Å². The lowest BCUT2D eigenvalue weighted by atomic mass is 9.76. The molecule has 3 unspecified atom stereocenters. The number of carbonyl (C=O) groups is 1. The lowest BCUT2D eigenvalue weighted by Gasteiger charge is -2.38. The molecule has 0 radical (unpaired) electrons. The quantitative estimate of drug-likeness (QED) is 0.463. The molecule has 3 atom stereocenters. The van der Waals surface area contributed by atoms with Gasteiger partial charge in [0.2, 0.25) is 0 Å². The van der Waals surface area contributed by atoms with Crippen molar-refractivity contribution in [1.82, 2.24) is 5.32 Å². The summed E-state index contributed by atoms with van der Waals surface area (Å²) in [6, 6.07) is 11.5. The third kappa shape index (κ3) is 4.02. The van der Waals surface area contributed by atoms with Crippen molar-refractivity contribution in [1.29, 1.82) is 0 Å². The number of hydrogen-bond donors (Lipinski definition) is 2. The second-order valence-electron chi connectivity index (χ2n) is 7.52. The van der Waals surface area contributed by atoms with E-state index in [1.54, 1.807) is 7.11 Å². The number of benzene rings is 2. The number of nitrogens with one attached hydrogen (secondary N) is 2. The molecule has 0 spiro atoms. The van der Waals surface area contributed by atoms with Crippen LogP contribution in [0.4, 0.5) is 5.69 Å². The second-order valence-corrected chi connectivity index (χ2v) is 8.33. The molecule has 152 valence electrons. The van der Waals surface area contributed by atoms with Crippen molar-refractivity contribution in [3.63, 3.8) is 0 Å². The van der Waals surface area contributed by atoms with Gasteiger partial charge in [0.1, 0.15) is 0 Å². The van der Waals surface area contributed by atoms with Crippen molar-refractivity contribution < 1.29 is 9.53 Å². The van der Waals surface area contributed by atoms with Crippen LogP contribution in [0.3, 0.4) is 0 Å². The average molecular weight is 431 g/mol. The van der Waals surface area contributed by atoms with Crippen molar-refractivity contribution in [3.05, 3.63) is 75.3 Å². The maximum Gasteiger partial charge on any atom is 0.251 e. The largest absolute Gasteiger partial charge is 0.385 e. The van der Waals surface area contributed by atoms with Gasteiger partial charge in [-0.1, -0.05) is 41.4 Å². The predicted octanol–water partition coefficient (Wildman–Crippen LogP) is 5.59. The first kappa shape index (κ1) is 20.3. The highest BCUT2D eigenvalue weighted by molar-refractivity contribution is 6.36. The Kier molecular flexibility index (Phi) is 6.14. The smallest absolute Gasteiger partial charge is 0.251 e. The number of allylic oxidation sites excluding steroid dienone is 2. The number of methoxy groups -OCH3 is 1. The first-order valence-corrected chi connectivity index (χ1v) is 10.6. The van der Waals surface area contributed by atoms with Gasteiger partial charge >= 0.3 is 0 Å². The number of carbonyl (C=O) groups excluding carboxylic acids is 1. The monoisotopic (exact) mass is 430 g/mol. The third-order valence-electron chi connectivity index (χ3n) is 5.75. The SMILES string of the molecule is COCCCNC(=O)c1ccc2c(c1)C1C=CCC1C(c1c(Cl)cccc1Cl)N2. The molecule has 2 N–H and O–H groups in total. The summed E-state index contributed by atoms with van der Waals surface area (Å²) < 4.78 is 5.03. The molecule has 0 aromatic heterocycles. The zero-order valence-electron chi connectivity index (χ0n) is 16.3. The summed E-state index contributed by atoms with van der Waals surface area (Å²) in [6.45, 7) is 1.23. The number of amides is 1. The van der Waals surface area contributed by atoms with Crippen molar-refractivity contribution in [2.45, 2.75) is 24.8 Å². The van der Waals surface area contributed by atoms with Crippen LogP contribution in [0.15, 0.2) is 48.6 Å². The van der Waals surface area contributed by atoms with Crippen molar-refractivity contribution in [2.24, 2.45) is 5.92 Å². The molecule has 2 aliphatic rings. The van der Waals surface area contributed by atoms with E-state index in [1.165, 1.54) is 0 Å². The molecule has 0 fully saturated rings. The van der Waals surface area contributed by atoms with Gasteiger partial charge in [0.25, 0.3) is 5.91 Å². The van der Waals surface area contributed by atoms with Gasteiger partial charge in [-0.05, 0) is 54.7 Å². The first-order chi connectivity index (χ1) is 14.1. The van der Waals surface area contributed by atoms with Crippen LogP contribution in [0.2, 0.25) is 10.0 Å². The molecule has 0 bridgehead atoms. The minimum Gasteiger partial charge on any atom is -0.385 e. The van der Waals surface area contributed by atoms with Crippen LogP contribution in [-0.2, 0) is 4.74 Å². The highest BCUT2D eigenvalue weighted by Gasteiger charge is 2.39. The molecule has 1 amide bonds. The van der Waals surface area contributed by atoms with Crippen LogP contribution in [0.1, 0.15) is 46.3 Å². The summed E-state index contributed by atoms with van der Waals surface area (Å²) in [4.78, 5) is 12.5. The van der Waals surface area contributed by atoms with E-state index in [1.807, 2.05) is 36.4 Å². The van der Waals surface area contributed by atoms with Crippen LogP contribution < -0.4 is 10.6 Å². The van der Waals surface area contributed by atoms with Gasteiger partial charge in [0, 0.05) is 53.0 Å². The van der Waals surface area contributed by atoms with Crippen molar-refractivity contribution >= 4 is 34.8 Å². The van der Waals surface area contributed by atoms with E-state index in [2.05, 4.69) is 22.8 Å². The van der Waals surface area contributed by atoms with Gasteiger partial charge in [-0.15, -0.1) is 0 Å². The third-order valence-corrected chi connectivity index (χ3v) is 6.41. The van der Waals surface area contributed by atoms with Crippen LogP contribution in [0.25, 0.3) is 0 Å². The van der Waals surface area contributed by atoms with E-state index in [4.69, 9.17) is 27.9 Å². The molecule has 4 nitrogen and oxygen atoms in total. The van der Waals surface area contributed by atoms with Gasteiger partial charge < -0.3 is 15.4 Å². The highest BCUT2D eigenvalue weighted by atomic mass is 35.5. The minimum absolute atomic E-state index is 0.0254. The van der Waals surface area contributed by atoms with Crippen LogP contribution in [0.5, 0.6) is 0 Å². The number of hydrogen-bond acceptors (Lipinski definition) is 3. The fourth-order valence-corrected chi connectivity index (χ4v) is 4.98. The highest BCUT2D eigenvalue weighted by Crippen LogP contribution is 2.52. The van der Waals surface area contributed by atoms with Gasteiger partial charge in [0.15, 0.2) is 0 Å². The molecule has 6 heteroatoms. The lowest BCUT2D eigenvalue weighted by molar-refractivity contribution is 0.0948. The zero-order valence-corrected chi connectivity index (χ0v) is 17.8. The molecule has 1 heterocycles. The maximum absolute atomic E-state index is 12.5. The van der Waals surface area contributed by atoms with Crippen LogP contribution in [0, 0.1) is 5.92 Å². The predicted molar refractivity (Wildman–Crippen MR) is 118 cm³/mol. The van der Waals surface area contributed by atoms with Crippen molar-refractivity contribution in [3.8, 4) is 0 Å². The summed E-state index contributed by atoms with van der Waals surface area (Å²) >= 11 is 13.0. The van der Waals surface area contributed by atoms with Crippen LogP contribution in [-0.4, -0.2) is 26.2 Å². The summed E-state index contributed by atoms with van der Waals surface area (Å²) in [5, 5.41) is 7.95.